The zero-order valence-electron chi connectivity index (χ0n) is 10.9. The van der Waals surface area contributed by atoms with E-state index in [1.807, 2.05) is 14.1 Å². The molecule has 0 amide bonds. The SMILES string of the molecule is CNC(Cc1c(F)cccc1Cl)Cc1ncnn1C. The fraction of sp³-hybridized carbons (Fsp3) is 0.385. The number of halogens is 2. The minimum absolute atomic E-state index is 0.0531. The van der Waals surface area contributed by atoms with Gasteiger partial charge in [0.2, 0.25) is 0 Å². The smallest absolute Gasteiger partial charge is 0.138 e. The van der Waals surface area contributed by atoms with Gasteiger partial charge in [0, 0.05) is 30.1 Å². The Labute approximate surface area is 116 Å². The Balaban J connectivity index is 2.13. The van der Waals surface area contributed by atoms with Crippen LogP contribution in [0.4, 0.5) is 4.39 Å². The molecule has 2 rings (SSSR count). The number of hydrogen-bond donors (Lipinski definition) is 1. The summed E-state index contributed by atoms with van der Waals surface area (Å²) >= 11 is 6.04. The second-order valence-corrected chi connectivity index (χ2v) is 4.80. The molecule has 1 N–H and O–H groups in total. The van der Waals surface area contributed by atoms with Crippen molar-refractivity contribution in [1.29, 1.82) is 0 Å². The molecule has 1 aromatic carbocycles. The van der Waals surface area contributed by atoms with Crippen LogP contribution in [0.25, 0.3) is 0 Å². The molecule has 19 heavy (non-hydrogen) atoms. The lowest BCUT2D eigenvalue weighted by atomic mass is 10.0. The van der Waals surface area contributed by atoms with Crippen molar-refractivity contribution in [2.45, 2.75) is 18.9 Å². The van der Waals surface area contributed by atoms with E-state index < -0.39 is 0 Å². The van der Waals surface area contributed by atoms with Gasteiger partial charge in [-0.1, -0.05) is 17.7 Å². The molecule has 0 saturated carbocycles. The van der Waals surface area contributed by atoms with Gasteiger partial charge in [0.25, 0.3) is 0 Å². The van der Waals surface area contributed by atoms with E-state index in [-0.39, 0.29) is 11.9 Å². The van der Waals surface area contributed by atoms with Crippen molar-refractivity contribution in [2.75, 3.05) is 7.05 Å². The second kappa shape index (κ2) is 6.12. The molecule has 0 radical (unpaired) electrons. The van der Waals surface area contributed by atoms with Crippen LogP contribution in [0.15, 0.2) is 24.5 Å². The van der Waals surface area contributed by atoms with Crippen molar-refractivity contribution >= 4 is 11.6 Å². The van der Waals surface area contributed by atoms with Crippen molar-refractivity contribution in [1.82, 2.24) is 20.1 Å². The highest BCUT2D eigenvalue weighted by atomic mass is 35.5. The first-order valence-electron chi connectivity index (χ1n) is 6.05. The van der Waals surface area contributed by atoms with Gasteiger partial charge in [-0.15, -0.1) is 0 Å². The van der Waals surface area contributed by atoms with E-state index in [1.165, 1.54) is 12.4 Å². The predicted octanol–water partition coefficient (Wildman–Crippen LogP) is 1.98. The molecule has 0 aliphatic carbocycles. The number of benzene rings is 1. The van der Waals surface area contributed by atoms with E-state index in [1.54, 1.807) is 16.8 Å². The van der Waals surface area contributed by atoms with Gasteiger partial charge in [0.1, 0.15) is 18.0 Å². The normalized spacial score (nSPS) is 12.6. The van der Waals surface area contributed by atoms with Crippen LogP contribution in [0.2, 0.25) is 5.02 Å². The Morgan fingerprint density at radius 3 is 2.79 bits per heavy atom. The summed E-state index contributed by atoms with van der Waals surface area (Å²) in [5.41, 5.74) is 0.533. The summed E-state index contributed by atoms with van der Waals surface area (Å²) in [7, 11) is 3.68. The molecule has 0 saturated heterocycles. The van der Waals surface area contributed by atoms with Gasteiger partial charge in [0.15, 0.2) is 0 Å². The highest BCUT2D eigenvalue weighted by Crippen LogP contribution is 2.21. The Bertz CT molecular complexity index is 535. The van der Waals surface area contributed by atoms with Crippen molar-refractivity contribution < 1.29 is 4.39 Å². The van der Waals surface area contributed by atoms with Crippen LogP contribution in [-0.4, -0.2) is 27.9 Å². The van der Waals surface area contributed by atoms with Crippen LogP contribution in [-0.2, 0) is 19.9 Å². The molecular weight excluding hydrogens is 267 g/mol. The van der Waals surface area contributed by atoms with Crippen LogP contribution in [0, 0.1) is 5.82 Å². The summed E-state index contributed by atoms with van der Waals surface area (Å²) in [5, 5.41) is 7.64. The van der Waals surface area contributed by atoms with Gasteiger partial charge in [0.05, 0.1) is 0 Å². The number of hydrogen-bond acceptors (Lipinski definition) is 3. The van der Waals surface area contributed by atoms with Crippen LogP contribution in [0.5, 0.6) is 0 Å². The third-order valence-electron chi connectivity index (χ3n) is 3.15. The molecular formula is C13H16ClFN4. The van der Waals surface area contributed by atoms with E-state index in [9.17, 15) is 4.39 Å². The minimum Gasteiger partial charge on any atom is -0.316 e. The molecule has 0 aliphatic heterocycles. The van der Waals surface area contributed by atoms with Gasteiger partial charge in [-0.2, -0.15) is 5.10 Å². The average molecular weight is 283 g/mol. The average Bonchev–Trinajstić information content (AvgIpc) is 2.78. The van der Waals surface area contributed by atoms with Crippen molar-refractivity contribution in [3.63, 3.8) is 0 Å². The molecule has 1 heterocycles. The minimum atomic E-state index is -0.272. The standard InChI is InChI=1S/C13H16ClFN4/c1-16-9(7-13-17-8-18-19(13)2)6-10-11(14)4-3-5-12(10)15/h3-5,8-9,16H,6-7H2,1-2H3. The van der Waals surface area contributed by atoms with E-state index in [0.29, 0.717) is 23.4 Å². The monoisotopic (exact) mass is 282 g/mol. The summed E-state index contributed by atoms with van der Waals surface area (Å²) in [6.45, 7) is 0. The molecule has 2 aromatic rings. The first-order valence-corrected chi connectivity index (χ1v) is 6.42. The van der Waals surface area contributed by atoms with Crippen molar-refractivity contribution in [3.05, 3.63) is 46.8 Å². The highest BCUT2D eigenvalue weighted by Gasteiger charge is 2.16. The molecule has 0 aliphatic rings. The van der Waals surface area contributed by atoms with Crippen LogP contribution in [0.1, 0.15) is 11.4 Å². The lowest BCUT2D eigenvalue weighted by molar-refractivity contribution is 0.511. The van der Waals surface area contributed by atoms with Gasteiger partial charge >= 0.3 is 0 Å². The molecule has 6 heteroatoms. The maximum atomic E-state index is 13.8. The summed E-state index contributed by atoms with van der Waals surface area (Å²) in [5.74, 6) is 0.581. The predicted molar refractivity (Wildman–Crippen MR) is 72.7 cm³/mol. The van der Waals surface area contributed by atoms with Crippen LogP contribution in [0.3, 0.4) is 0 Å². The molecule has 1 unspecified atom stereocenters. The first kappa shape index (κ1) is 14.0. The topological polar surface area (TPSA) is 42.7 Å². The molecule has 1 aromatic heterocycles. The lowest BCUT2D eigenvalue weighted by Gasteiger charge is -2.16. The number of rotatable bonds is 5. The number of likely N-dealkylation sites (N-methyl/N-ethyl adjacent to an activating group) is 1. The number of nitrogens with zero attached hydrogens (tertiary/aromatic N) is 3. The quantitative estimate of drug-likeness (QED) is 0.912. The van der Waals surface area contributed by atoms with Crippen LogP contribution < -0.4 is 5.32 Å². The Kier molecular flexibility index (Phi) is 4.50. The van der Waals surface area contributed by atoms with Crippen molar-refractivity contribution in [2.24, 2.45) is 7.05 Å². The molecule has 0 fully saturated rings. The maximum absolute atomic E-state index is 13.8. The molecule has 1 atom stereocenters. The molecule has 0 bridgehead atoms. The lowest BCUT2D eigenvalue weighted by Crippen LogP contribution is -2.31. The largest absolute Gasteiger partial charge is 0.316 e. The van der Waals surface area contributed by atoms with Gasteiger partial charge in [-0.3, -0.25) is 4.68 Å². The third-order valence-corrected chi connectivity index (χ3v) is 3.51. The first-order chi connectivity index (χ1) is 9.11. The zero-order valence-corrected chi connectivity index (χ0v) is 11.7. The summed E-state index contributed by atoms with van der Waals surface area (Å²) < 4.78 is 15.5. The molecule has 4 nitrogen and oxygen atoms in total. The zero-order chi connectivity index (χ0) is 13.8. The van der Waals surface area contributed by atoms with Gasteiger partial charge in [-0.25, -0.2) is 9.37 Å². The van der Waals surface area contributed by atoms with E-state index >= 15 is 0 Å². The van der Waals surface area contributed by atoms with Gasteiger partial charge in [-0.05, 0) is 25.6 Å². The molecule has 0 spiro atoms. The summed E-state index contributed by atoms with van der Waals surface area (Å²) in [4.78, 5) is 4.18. The number of nitrogens with one attached hydrogen (secondary N) is 1. The van der Waals surface area contributed by atoms with E-state index in [0.717, 1.165) is 5.82 Å². The Morgan fingerprint density at radius 2 is 2.21 bits per heavy atom. The highest BCUT2D eigenvalue weighted by molar-refractivity contribution is 6.31. The third kappa shape index (κ3) is 3.30. The Hall–Kier alpha value is -1.46. The second-order valence-electron chi connectivity index (χ2n) is 4.39. The number of aromatic nitrogens is 3. The number of aryl methyl sites for hydroxylation is 1. The van der Waals surface area contributed by atoms with Crippen LogP contribution >= 0.6 is 11.6 Å². The van der Waals surface area contributed by atoms with Crippen molar-refractivity contribution in [3.8, 4) is 0 Å². The van der Waals surface area contributed by atoms with E-state index in [2.05, 4.69) is 15.4 Å². The maximum Gasteiger partial charge on any atom is 0.138 e. The summed E-state index contributed by atoms with van der Waals surface area (Å²) in [6, 6.07) is 4.79. The van der Waals surface area contributed by atoms with Gasteiger partial charge < -0.3 is 5.32 Å². The Morgan fingerprint density at radius 1 is 1.42 bits per heavy atom. The summed E-state index contributed by atoms with van der Waals surface area (Å²) in [6.07, 6.45) is 2.69. The fourth-order valence-electron chi connectivity index (χ4n) is 1.98. The van der Waals surface area contributed by atoms with E-state index in [4.69, 9.17) is 11.6 Å². The molecule has 102 valence electrons. The fourth-order valence-corrected chi connectivity index (χ4v) is 2.22.